The van der Waals surface area contributed by atoms with Gasteiger partial charge in [-0.2, -0.15) is 0 Å². The molecule has 1 saturated heterocycles. The third-order valence-electron chi connectivity index (χ3n) is 4.34. The van der Waals surface area contributed by atoms with Gasteiger partial charge in [-0.05, 0) is 62.2 Å². The Balaban J connectivity index is 1.67. The summed E-state index contributed by atoms with van der Waals surface area (Å²) in [6.45, 7) is 3.89. The molecule has 0 spiro atoms. The quantitative estimate of drug-likeness (QED) is 0.632. The van der Waals surface area contributed by atoms with E-state index in [-0.39, 0.29) is 12.0 Å². The standard InChI is InChI=1S/C21H24ClNO3S/c1-2-25-20-10-5-15(21(24)23-13-18-4-3-11-26-18)12-16(20)14-27-19-8-6-17(22)7-9-19/h5-10,12,18H,2-4,11,13-14H2,1H3,(H,23,24). The highest BCUT2D eigenvalue weighted by atomic mass is 35.5. The zero-order valence-corrected chi connectivity index (χ0v) is 16.9. The van der Waals surface area contributed by atoms with Gasteiger partial charge in [0.15, 0.2) is 0 Å². The van der Waals surface area contributed by atoms with E-state index in [9.17, 15) is 4.79 Å². The van der Waals surface area contributed by atoms with Gasteiger partial charge in [0.1, 0.15) is 5.75 Å². The van der Waals surface area contributed by atoms with Gasteiger partial charge in [0.25, 0.3) is 5.91 Å². The van der Waals surface area contributed by atoms with Gasteiger partial charge in [0.2, 0.25) is 0 Å². The molecular formula is C21H24ClNO3S. The predicted molar refractivity (Wildman–Crippen MR) is 110 cm³/mol. The van der Waals surface area contributed by atoms with E-state index in [2.05, 4.69) is 5.32 Å². The summed E-state index contributed by atoms with van der Waals surface area (Å²) in [5.74, 6) is 1.45. The number of carbonyl (C=O) groups excluding carboxylic acids is 1. The number of hydrogen-bond donors (Lipinski definition) is 1. The summed E-state index contributed by atoms with van der Waals surface area (Å²) in [5, 5.41) is 3.69. The highest BCUT2D eigenvalue weighted by Gasteiger charge is 2.17. The van der Waals surface area contributed by atoms with Crippen LogP contribution >= 0.6 is 23.4 Å². The predicted octanol–water partition coefficient (Wildman–Crippen LogP) is 4.94. The first-order valence-electron chi connectivity index (χ1n) is 9.19. The van der Waals surface area contributed by atoms with E-state index >= 15 is 0 Å². The molecule has 4 nitrogen and oxygen atoms in total. The Bertz CT molecular complexity index is 761. The Morgan fingerprint density at radius 3 is 2.81 bits per heavy atom. The van der Waals surface area contributed by atoms with Crippen LogP contribution in [-0.2, 0) is 10.5 Å². The Morgan fingerprint density at radius 1 is 1.30 bits per heavy atom. The van der Waals surface area contributed by atoms with Gasteiger partial charge in [-0.25, -0.2) is 0 Å². The highest BCUT2D eigenvalue weighted by Crippen LogP contribution is 2.29. The van der Waals surface area contributed by atoms with E-state index in [1.165, 1.54) is 0 Å². The SMILES string of the molecule is CCOc1ccc(C(=O)NCC2CCCO2)cc1CSc1ccc(Cl)cc1. The van der Waals surface area contributed by atoms with Crippen LogP contribution < -0.4 is 10.1 Å². The van der Waals surface area contributed by atoms with Crippen molar-refractivity contribution in [3.63, 3.8) is 0 Å². The summed E-state index contributed by atoms with van der Waals surface area (Å²) in [6.07, 6.45) is 2.21. The molecule has 3 rings (SSSR count). The van der Waals surface area contributed by atoms with Gasteiger partial charge in [0, 0.05) is 39.9 Å². The Morgan fingerprint density at radius 2 is 2.11 bits per heavy atom. The van der Waals surface area contributed by atoms with Crippen molar-refractivity contribution in [1.29, 1.82) is 0 Å². The van der Waals surface area contributed by atoms with Crippen molar-refractivity contribution >= 4 is 29.3 Å². The molecule has 1 aliphatic rings. The van der Waals surface area contributed by atoms with Gasteiger partial charge < -0.3 is 14.8 Å². The lowest BCUT2D eigenvalue weighted by Gasteiger charge is -2.14. The Kier molecular flexibility index (Phi) is 7.44. The molecule has 6 heteroatoms. The van der Waals surface area contributed by atoms with Crippen molar-refractivity contribution in [2.45, 2.75) is 36.5 Å². The molecule has 1 heterocycles. The van der Waals surface area contributed by atoms with Crippen LogP contribution in [0.15, 0.2) is 47.4 Å². The summed E-state index contributed by atoms with van der Waals surface area (Å²) in [4.78, 5) is 13.6. The Labute approximate surface area is 169 Å². The summed E-state index contributed by atoms with van der Waals surface area (Å²) < 4.78 is 11.3. The maximum atomic E-state index is 12.5. The lowest BCUT2D eigenvalue weighted by atomic mass is 10.1. The van der Waals surface area contributed by atoms with Gasteiger partial charge in [-0.15, -0.1) is 11.8 Å². The Hall–Kier alpha value is -1.69. The van der Waals surface area contributed by atoms with Crippen molar-refractivity contribution in [2.75, 3.05) is 19.8 Å². The average molecular weight is 406 g/mol. The van der Waals surface area contributed by atoms with Gasteiger partial charge >= 0.3 is 0 Å². The van der Waals surface area contributed by atoms with Crippen molar-refractivity contribution in [1.82, 2.24) is 5.32 Å². The first-order valence-corrected chi connectivity index (χ1v) is 10.6. The average Bonchev–Trinajstić information content (AvgIpc) is 3.20. The van der Waals surface area contributed by atoms with Crippen LogP contribution in [0.5, 0.6) is 5.75 Å². The van der Waals surface area contributed by atoms with Crippen LogP contribution in [0.2, 0.25) is 5.02 Å². The molecule has 2 aromatic carbocycles. The number of halogens is 1. The van der Waals surface area contributed by atoms with Crippen LogP contribution in [0.25, 0.3) is 0 Å². The smallest absolute Gasteiger partial charge is 0.251 e. The first-order chi connectivity index (χ1) is 13.2. The second-order valence-corrected chi connectivity index (χ2v) is 7.83. The molecule has 27 heavy (non-hydrogen) atoms. The fourth-order valence-electron chi connectivity index (χ4n) is 2.94. The number of rotatable bonds is 8. The zero-order valence-electron chi connectivity index (χ0n) is 15.4. The zero-order chi connectivity index (χ0) is 19.1. The molecule has 0 saturated carbocycles. The summed E-state index contributed by atoms with van der Waals surface area (Å²) >= 11 is 7.63. The van der Waals surface area contributed by atoms with E-state index in [4.69, 9.17) is 21.1 Å². The van der Waals surface area contributed by atoms with Crippen molar-refractivity contribution in [3.8, 4) is 5.75 Å². The van der Waals surface area contributed by atoms with Gasteiger partial charge in [-0.3, -0.25) is 4.79 Å². The molecule has 1 fully saturated rings. The molecule has 1 unspecified atom stereocenters. The number of hydrogen-bond acceptors (Lipinski definition) is 4. The number of ether oxygens (including phenoxy) is 2. The van der Waals surface area contributed by atoms with Crippen molar-refractivity contribution in [3.05, 3.63) is 58.6 Å². The first kappa shape index (κ1) is 20.1. The van der Waals surface area contributed by atoms with Crippen LogP contribution in [0.3, 0.4) is 0 Å². The summed E-state index contributed by atoms with van der Waals surface area (Å²) in [7, 11) is 0. The molecule has 1 aliphatic heterocycles. The van der Waals surface area contributed by atoms with Crippen LogP contribution in [0.1, 0.15) is 35.7 Å². The topological polar surface area (TPSA) is 47.6 Å². The number of thioether (sulfide) groups is 1. The highest BCUT2D eigenvalue weighted by molar-refractivity contribution is 7.98. The number of carbonyl (C=O) groups is 1. The third-order valence-corrected chi connectivity index (χ3v) is 5.66. The van der Waals surface area contributed by atoms with Crippen LogP contribution in [0.4, 0.5) is 0 Å². The second-order valence-electron chi connectivity index (χ2n) is 6.34. The fourth-order valence-corrected chi connectivity index (χ4v) is 3.94. The molecule has 1 amide bonds. The molecule has 1 N–H and O–H groups in total. The number of amides is 1. The van der Waals surface area contributed by atoms with E-state index < -0.39 is 0 Å². The van der Waals surface area contributed by atoms with Crippen LogP contribution in [-0.4, -0.2) is 31.8 Å². The molecule has 0 aliphatic carbocycles. The molecule has 1 atom stereocenters. The summed E-state index contributed by atoms with van der Waals surface area (Å²) in [5.41, 5.74) is 1.64. The minimum absolute atomic E-state index is 0.0775. The van der Waals surface area contributed by atoms with Crippen molar-refractivity contribution < 1.29 is 14.3 Å². The maximum Gasteiger partial charge on any atom is 0.251 e. The molecule has 144 valence electrons. The maximum absolute atomic E-state index is 12.5. The van der Waals surface area contributed by atoms with E-state index in [1.807, 2.05) is 49.4 Å². The molecule has 0 radical (unpaired) electrons. The van der Waals surface area contributed by atoms with E-state index in [0.29, 0.717) is 24.5 Å². The lowest BCUT2D eigenvalue weighted by molar-refractivity contribution is 0.0857. The molecule has 0 aromatic heterocycles. The van der Waals surface area contributed by atoms with Gasteiger partial charge in [0.05, 0.1) is 12.7 Å². The number of nitrogens with one attached hydrogen (secondary N) is 1. The van der Waals surface area contributed by atoms with E-state index in [0.717, 1.165) is 40.7 Å². The normalized spacial score (nSPS) is 16.3. The van der Waals surface area contributed by atoms with Crippen molar-refractivity contribution in [2.24, 2.45) is 0 Å². The lowest BCUT2D eigenvalue weighted by Crippen LogP contribution is -2.31. The van der Waals surface area contributed by atoms with Gasteiger partial charge in [-0.1, -0.05) is 11.6 Å². The minimum Gasteiger partial charge on any atom is -0.494 e. The number of benzene rings is 2. The second kappa shape index (κ2) is 10.0. The third kappa shape index (κ3) is 5.89. The molecule has 2 aromatic rings. The van der Waals surface area contributed by atoms with Crippen LogP contribution in [0, 0.1) is 0 Å². The largest absolute Gasteiger partial charge is 0.494 e. The monoisotopic (exact) mass is 405 g/mol. The minimum atomic E-state index is -0.0775. The van der Waals surface area contributed by atoms with E-state index in [1.54, 1.807) is 11.8 Å². The molecule has 0 bridgehead atoms. The fraction of sp³-hybridized carbons (Fsp3) is 0.381. The summed E-state index contributed by atoms with van der Waals surface area (Å²) in [6, 6.07) is 13.3. The molecular weight excluding hydrogens is 382 g/mol.